The first kappa shape index (κ1) is 16.2. The minimum absolute atomic E-state index is 0.115. The number of benzene rings is 1. The number of nitrogens with two attached hydrogens (primary N) is 1. The lowest BCUT2D eigenvalue weighted by Crippen LogP contribution is -2.31. The minimum atomic E-state index is -0.554. The number of likely N-dealkylation sites (tertiary alicyclic amines) is 1. The Bertz CT molecular complexity index is 761. The molecule has 3 rings (SSSR count). The average molecular weight is 330 g/mol. The van der Waals surface area contributed by atoms with Gasteiger partial charge in [-0.3, -0.25) is 4.79 Å². The van der Waals surface area contributed by atoms with E-state index in [1.54, 1.807) is 24.0 Å². The second-order valence-corrected chi connectivity index (χ2v) is 5.77. The Kier molecular flexibility index (Phi) is 4.33. The molecule has 0 bridgehead atoms. The zero-order chi connectivity index (χ0) is 17.3. The molecule has 1 saturated heterocycles. The van der Waals surface area contributed by atoms with Gasteiger partial charge in [-0.25, -0.2) is 14.4 Å². The predicted octanol–water partition coefficient (Wildman–Crippen LogP) is 2.49. The number of halogens is 1. The number of nitrogens with zero attached hydrogens (tertiary/aromatic N) is 3. The van der Waals surface area contributed by atoms with Crippen LogP contribution in [0.5, 0.6) is 5.75 Å². The van der Waals surface area contributed by atoms with Crippen LogP contribution >= 0.6 is 0 Å². The highest BCUT2D eigenvalue weighted by Gasteiger charge is 2.32. The van der Waals surface area contributed by atoms with Gasteiger partial charge in [0, 0.05) is 18.2 Å². The minimum Gasteiger partial charge on any atom is -0.494 e. The largest absolute Gasteiger partial charge is 0.494 e. The number of amides is 1. The predicted molar refractivity (Wildman–Crippen MR) is 87.1 cm³/mol. The van der Waals surface area contributed by atoms with Crippen molar-refractivity contribution in [3.8, 4) is 5.75 Å². The molecular formula is C17H19FN4O2. The molecule has 1 aromatic heterocycles. The van der Waals surface area contributed by atoms with Crippen LogP contribution in [0.3, 0.4) is 0 Å². The van der Waals surface area contributed by atoms with Crippen molar-refractivity contribution in [3.63, 3.8) is 0 Å². The number of carbonyl (C=O) groups is 1. The first-order chi connectivity index (χ1) is 11.5. The number of aryl methyl sites for hydroxylation is 1. The number of rotatable bonds is 3. The van der Waals surface area contributed by atoms with Crippen LogP contribution in [-0.2, 0) is 0 Å². The van der Waals surface area contributed by atoms with E-state index in [1.807, 2.05) is 0 Å². The van der Waals surface area contributed by atoms with E-state index in [2.05, 4.69) is 9.97 Å². The van der Waals surface area contributed by atoms with Crippen molar-refractivity contribution in [2.24, 2.45) is 0 Å². The molecule has 2 N–H and O–H groups in total. The van der Waals surface area contributed by atoms with Crippen LogP contribution in [0.25, 0.3) is 0 Å². The molecule has 1 aliphatic rings. The van der Waals surface area contributed by atoms with E-state index in [9.17, 15) is 9.18 Å². The first-order valence-corrected chi connectivity index (χ1v) is 7.75. The summed E-state index contributed by atoms with van der Waals surface area (Å²) in [7, 11) is 1.39. The molecule has 1 aliphatic heterocycles. The van der Waals surface area contributed by atoms with E-state index in [0.717, 1.165) is 18.5 Å². The third-order valence-corrected chi connectivity index (χ3v) is 4.13. The highest BCUT2D eigenvalue weighted by atomic mass is 19.1. The zero-order valence-corrected chi connectivity index (χ0v) is 13.6. The number of carbonyl (C=O) groups excluding carboxylic acids is 1. The summed E-state index contributed by atoms with van der Waals surface area (Å²) in [5.41, 5.74) is 6.81. The van der Waals surface area contributed by atoms with Crippen LogP contribution in [0, 0.1) is 12.7 Å². The molecule has 0 aliphatic carbocycles. The second-order valence-electron chi connectivity index (χ2n) is 5.77. The van der Waals surface area contributed by atoms with E-state index in [-0.39, 0.29) is 17.7 Å². The molecule has 1 amide bonds. The van der Waals surface area contributed by atoms with Crippen LogP contribution in [0.2, 0.25) is 0 Å². The summed E-state index contributed by atoms with van der Waals surface area (Å²) < 4.78 is 18.8. The van der Waals surface area contributed by atoms with Crippen molar-refractivity contribution in [1.82, 2.24) is 14.9 Å². The molecule has 6 nitrogen and oxygen atoms in total. The molecular weight excluding hydrogens is 311 g/mol. The quantitative estimate of drug-likeness (QED) is 0.935. The van der Waals surface area contributed by atoms with Gasteiger partial charge in [-0.1, -0.05) is 0 Å². The summed E-state index contributed by atoms with van der Waals surface area (Å²) in [6.07, 6.45) is 1.65. The van der Waals surface area contributed by atoms with Crippen molar-refractivity contribution < 1.29 is 13.9 Å². The Balaban J connectivity index is 1.89. The summed E-state index contributed by atoms with van der Waals surface area (Å²) in [4.78, 5) is 23.0. The van der Waals surface area contributed by atoms with Crippen LogP contribution in [0.1, 0.15) is 40.8 Å². The lowest BCUT2D eigenvalue weighted by molar-refractivity contribution is 0.0732. The number of methoxy groups -OCH3 is 1. The van der Waals surface area contributed by atoms with Crippen LogP contribution < -0.4 is 10.5 Å². The first-order valence-electron chi connectivity index (χ1n) is 7.75. The standard InChI is InChI=1S/C17H19FN4O2/c1-10-20-13(9-16(19)21-10)14-4-3-7-22(14)17(23)11-5-6-15(24-2)12(18)8-11/h5-6,8-9,14H,3-4,7H2,1-2H3,(H2,19,20,21). The SMILES string of the molecule is COc1ccc(C(=O)N2CCCC2c2cc(N)nc(C)n2)cc1F. The molecule has 2 aromatic rings. The second kappa shape index (κ2) is 6.43. The number of aromatic nitrogens is 2. The third kappa shape index (κ3) is 3.02. The molecule has 0 saturated carbocycles. The molecule has 2 heterocycles. The summed E-state index contributed by atoms with van der Waals surface area (Å²) in [6, 6.07) is 5.75. The summed E-state index contributed by atoms with van der Waals surface area (Å²) in [5, 5.41) is 0. The monoisotopic (exact) mass is 330 g/mol. The molecule has 1 aromatic carbocycles. The Hall–Kier alpha value is -2.70. The van der Waals surface area contributed by atoms with Crippen LogP contribution in [0.15, 0.2) is 24.3 Å². The fourth-order valence-corrected chi connectivity index (χ4v) is 3.07. The van der Waals surface area contributed by atoms with Gasteiger partial charge in [-0.15, -0.1) is 0 Å². The summed E-state index contributed by atoms with van der Waals surface area (Å²) in [5.74, 6) is 0.283. The maximum atomic E-state index is 13.9. The van der Waals surface area contributed by atoms with Crippen molar-refractivity contribution in [3.05, 3.63) is 47.2 Å². The van der Waals surface area contributed by atoms with Crippen molar-refractivity contribution in [2.45, 2.75) is 25.8 Å². The van der Waals surface area contributed by atoms with E-state index in [1.165, 1.54) is 19.2 Å². The molecule has 0 radical (unpaired) electrons. The lowest BCUT2D eigenvalue weighted by atomic mass is 10.1. The van der Waals surface area contributed by atoms with Gasteiger partial charge in [0.1, 0.15) is 11.6 Å². The molecule has 7 heteroatoms. The Morgan fingerprint density at radius 2 is 2.17 bits per heavy atom. The lowest BCUT2D eigenvalue weighted by Gasteiger charge is -2.25. The molecule has 1 fully saturated rings. The number of nitrogen functional groups attached to an aromatic ring is 1. The van der Waals surface area contributed by atoms with Gasteiger partial charge in [-0.2, -0.15) is 0 Å². The molecule has 0 spiro atoms. The fraction of sp³-hybridized carbons (Fsp3) is 0.353. The van der Waals surface area contributed by atoms with E-state index in [0.29, 0.717) is 23.8 Å². The Morgan fingerprint density at radius 3 is 2.83 bits per heavy atom. The number of hydrogen-bond donors (Lipinski definition) is 1. The Morgan fingerprint density at radius 1 is 1.38 bits per heavy atom. The van der Waals surface area contributed by atoms with Gasteiger partial charge in [0.15, 0.2) is 11.6 Å². The number of anilines is 1. The van der Waals surface area contributed by atoms with Crippen molar-refractivity contribution in [2.75, 3.05) is 19.4 Å². The van der Waals surface area contributed by atoms with Crippen LogP contribution in [0.4, 0.5) is 10.2 Å². The Labute approximate surface area is 139 Å². The van der Waals surface area contributed by atoms with Crippen molar-refractivity contribution in [1.29, 1.82) is 0 Å². The van der Waals surface area contributed by atoms with Gasteiger partial charge in [0.2, 0.25) is 0 Å². The fourth-order valence-electron chi connectivity index (χ4n) is 3.07. The van der Waals surface area contributed by atoms with Gasteiger partial charge in [0.25, 0.3) is 5.91 Å². The van der Waals surface area contributed by atoms with Gasteiger partial charge < -0.3 is 15.4 Å². The topological polar surface area (TPSA) is 81.3 Å². The smallest absolute Gasteiger partial charge is 0.254 e. The molecule has 1 unspecified atom stereocenters. The van der Waals surface area contributed by atoms with Crippen molar-refractivity contribution >= 4 is 11.7 Å². The zero-order valence-electron chi connectivity index (χ0n) is 13.6. The van der Waals surface area contributed by atoms with Gasteiger partial charge >= 0.3 is 0 Å². The maximum Gasteiger partial charge on any atom is 0.254 e. The highest BCUT2D eigenvalue weighted by Crippen LogP contribution is 2.33. The summed E-state index contributed by atoms with van der Waals surface area (Å²) >= 11 is 0. The number of ether oxygens (including phenoxy) is 1. The third-order valence-electron chi connectivity index (χ3n) is 4.13. The van der Waals surface area contributed by atoms with E-state index in [4.69, 9.17) is 10.5 Å². The average Bonchev–Trinajstić information content (AvgIpc) is 3.02. The molecule has 126 valence electrons. The maximum absolute atomic E-state index is 13.9. The normalized spacial score (nSPS) is 17.1. The summed E-state index contributed by atoms with van der Waals surface area (Å²) in [6.45, 7) is 2.36. The number of hydrogen-bond acceptors (Lipinski definition) is 5. The van der Waals surface area contributed by atoms with E-state index < -0.39 is 5.82 Å². The van der Waals surface area contributed by atoms with Crippen LogP contribution in [-0.4, -0.2) is 34.4 Å². The molecule has 1 atom stereocenters. The molecule has 24 heavy (non-hydrogen) atoms. The van der Waals surface area contributed by atoms with Gasteiger partial charge in [-0.05, 0) is 38.0 Å². The highest BCUT2D eigenvalue weighted by molar-refractivity contribution is 5.94. The van der Waals surface area contributed by atoms with Gasteiger partial charge in [0.05, 0.1) is 18.8 Å². The van der Waals surface area contributed by atoms with E-state index >= 15 is 0 Å².